The molecule has 0 atom stereocenters. The fraction of sp³-hybridized carbons (Fsp3) is 0.333. The van der Waals surface area contributed by atoms with Crippen LogP contribution < -0.4 is 0 Å². The highest BCUT2D eigenvalue weighted by molar-refractivity contribution is 9.10. The molecule has 0 saturated heterocycles. The van der Waals surface area contributed by atoms with Crippen LogP contribution in [0.15, 0.2) is 22.7 Å². The summed E-state index contributed by atoms with van der Waals surface area (Å²) in [5.74, 6) is -0.369. The Morgan fingerprint density at radius 1 is 1.47 bits per heavy atom. The van der Waals surface area contributed by atoms with Crippen LogP contribution >= 0.6 is 15.9 Å². The van der Waals surface area contributed by atoms with Crippen molar-refractivity contribution in [3.63, 3.8) is 0 Å². The SMILES string of the molecule is CS(=O)(=O)OCCc1ccc(Br)c(F)c1. The third kappa shape index (κ3) is 4.72. The molecule has 1 rings (SSSR count). The van der Waals surface area contributed by atoms with Crippen molar-refractivity contribution in [2.45, 2.75) is 6.42 Å². The van der Waals surface area contributed by atoms with Gasteiger partial charge in [0.25, 0.3) is 10.1 Å². The average molecular weight is 297 g/mol. The fourth-order valence-corrected chi connectivity index (χ4v) is 1.64. The van der Waals surface area contributed by atoms with E-state index in [-0.39, 0.29) is 12.4 Å². The van der Waals surface area contributed by atoms with Gasteiger partial charge >= 0.3 is 0 Å². The second-order valence-electron chi connectivity index (χ2n) is 3.02. The predicted octanol–water partition coefficient (Wildman–Crippen LogP) is 2.11. The van der Waals surface area contributed by atoms with Crippen LogP contribution in [0.1, 0.15) is 5.56 Å². The molecule has 0 amide bonds. The Labute approximate surface area is 96.5 Å². The molecule has 0 aliphatic carbocycles. The van der Waals surface area contributed by atoms with Gasteiger partial charge in [0.2, 0.25) is 0 Å². The Kier molecular flexibility index (Phi) is 4.24. The van der Waals surface area contributed by atoms with Crippen molar-refractivity contribution >= 4 is 26.0 Å². The van der Waals surface area contributed by atoms with Crippen LogP contribution in [0.25, 0.3) is 0 Å². The van der Waals surface area contributed by atoms with Crippen molar-refractivity contribution in [1.29, 1.82) is 0 Å². The molecule has 0 unspecified atom stereocenters. The third-order valence-electron chi connectivity index (χ3n) is 1.67. The highest BCUT2D eigenvalue weighted by Crippen LogP contribution is 2.16. The van der Waals surface area contributed by atoms with Crippen LogP contribution in [0, 0.1) is 5.82 Å². The largest absolute Gasteiger partial charge is 0.270 e. The van der Waals surface area contributed by atoms with E-state index in [1.165, 1.54) is 6.07 Å². The van der Waals surface area contributed by atoms with Gasteiger partial charge in [-0.1, -0.05) is 6.07 Å². The van der Waals surface area contributed by atoms with Crippen molar-refractivity contribution in [1.82, 2.24) is 0 Å². The number of rotatable bonds is 4. The zero-order valence-corrected chi connectivity index (χ0v) is 10.4. The first kappa shape index (κ1) is 12.6. The highest BCUT2D eigenvalue weighted by atomic mass is 79.9. The quantitative estimate of drug-likeness (QED) is 0.799. The smallest absolute Gasteiger partial charge is 0.264 e. The Morgan fingerprint density at radius 2 is 2.13 bits per heavy atom. The lowest BCUT2D eigenvalue weighted by atomic mass is 10.2. The summed E-state index contributed by atoms with van der Waals surface area (Å²) in [6, 6.07) is 4.62. The molecule has 1 aromatic carbocycles. The molecule has 3 nitrogen and oxygen atoms in total. The summed E-state index contributed by atoms with van der Waals surface area (Å²) < 4.78 is 39.2. The van der Waals surface area contributed by atoms with E-state index in [0.717, 1.165) is 6.26 Å². The minimum atomic E-state index is -3.42. The van der Waals surface area contributed by atoms with Crippen LogP contribution in [0.5, 0.6) is 0 Å². The van der Waals surface area contributed by atoms with E-state index in [1.807, 2.05) is 0 Å². The lowest BCUT2D eigenvalue weighted by molar-refractivity contribution is 0.326. The first-order valence-corrected chi connectivity index (χ1v) is 6.78. The highest BCUT2D eigenvalue weighted by Gasteiger charge is 2.04. The normalized spacial score (nSPS) is 11.7. The molecule has 0 N–H and O–H groups in total. The van der Waals surface area contributed by atoms with Gasteiger partial charge in [0, 0.05) is 0 Å². The Hall–Kier alpha value is -0.460. The Morgan fingerprint density at radius 3 is 2.67 bits per heavy atom. The van der Waals surface area contributed by atoms with Gasteiger partial charge in [-0.15, -0.1) is 0 Å². The minimum absolute atomic E-state index is 0.0277. The predicted molar refractivity (Wildman–Crippen MR) is 58.6 cm³/mol. The third-order valence-corrected chi connectivity index (χ3v) is 2.91. The van der Waals surface area contributed by atoms with E-state index in [0.29, 0.717) is 16.5 Å². The molecule has 0 spiro atoms. The maximum Gasteiger partial charge on any atom is 0.264 e. The minimum Gasteiger partial charge on any atom is -0.270 e. The lowest BCUT2D eigenvalue weighted by Gasteiger charge is -2.02. The topological polar surface area (TPSA) is 43.4 Å². The van der Waals surface area contributed by atoms with Crippen LogP contribution in [0.2, 0.25) is 0 Å². The molecular formula is C9H10BrFO3S. The lowest BCUT2D eigenvalue weighted by Crippen LogP contribution is -2.06. The van der Waals surface area contributed by atoms with Crippen LogP contribution in [0.4, 0.5) is 4.39 Å². The van der Waals surface area contributed by atoms with E-state index < -0.39 is 10.1 Å². The van der Waals surface area contributed by atoms with Gasteiger partial charge in [0.05, 0.1) is 17.3 Å². The van der Waals surface area contributed by atoms with Crippen molar-refractivity contribution in [3.05, 3.63) is 34.1 Å². The van der Waals surface area contributed by atoms with Crippen LogP contribution in [0.3, 0.4) is 0 Å². The van der Waals surface area contributed by atoms with Gasteiger partial charge in [-0.05, 0) is 40.0 Å². The molecule has 0 aliphatic heterocycles. The maximum atomic E-state index is 13.0. The van der Waals surface area contributed by atoms with E-state index >= 15 is 0 Å². The molecule has 84 valence electrons. The van der Waals surface area contributed by atoms with Gasteiger partial charge in [-0.2, -0.15) is 8.42 Å². The monoisotopic (exact) mass is 296 g/mol. The maximum absolute atomic E-state index is 13.0. The van der Waals surface area contributed by atoms with Crippen LogP contribution in [-0.2, 0) is 20.7 Å². The molecule has 0 radical (unpaired) electrons. The first-order chi connectivity index (χ1) is 6.88. The second kappa shape index (κ2) is 5.05. The fourth-order valence-electron chi connectivity index (χ4n) is 1.01. The van der Waals surface area contributed by atoms with Gasteiger partial charge in [-0.3, -0.25) is 4.18 Å². The molecule has 0 bridgehead atoms. The first-order valence-electron chi connectivity index (χ1n) is 4.17. The van der Waals surface area contributed by atoms with E-state index in [1.54, 1.807) is 12.1 Å². The van der Waals surface area contributed by atoms with Crippen molar-refractivity contribution < 1.29 is 17.0 Å². The Balaban J connectivity index is 2.55. The molecule has 0 fully saturated rings. The van der Waals surface area contributed by atoms with Gasteiger partial charge in [0.1, 0.15) is 5.82 Å². The summed E-state index contributed by atoms with van der Waals surface area (Å²) in [5, 5.41) is 0. The van der Waals surface area contributed by atoms with E-state index in [2.05, 4.69) is 20.1 Å². The molecule has 1 aromatic rings. The zero-order chi connectivity index (χ0) is 11.5. The number of benzene rings is 1. The molecule has 0 heterocycles. The molecule has 0 aromatic heterocycles. The number of hydrogen-bond donors (Lipinski definition) is 0. The summed E-state index contributed by atoms with van der Waals surface area (Å²) in [6.07, 6.45) is 1.34. The summed E-state index contributed by atoms with van der Waals surface area (Å²) in [6.45, 7) is 0.0277. The summed E-state index contributed by atoms with van der Waals surface area (Å²) in [7, 11) is -3.42. The van der Waals surface area contributed by atoms with Gasteiger partial charge in [0.15, 0.2) is 0 Å². The Bertz CT molecular complexity index is 445. The number of hydrogen-bond acceptors (Lipinski definition) is 3. The molecule has 0 aliphatic rings. The van der Waals surface area contributed by atoms with Crippen molar-refractivity contribution in [3.8, 4) is 0 Å². The van der Waals surface area contributed by atoms with Gasteiger partial charge in [-0.25, -0.2) is 4.39 Å². The summed E-state index contributed by atoms with van der Waals surface area (Å²) in [5.41, 5.74) is 0.694. The molecule has 0 saturated carbocycles. The van der Waals surface area contributed by atoms with Crippen LogP contribution in [-0.4, -0.2) is 21.3 Å². The standard InChI is InChI=1S/C9H10BrFO3S/c1-15(12,13)14-5-4-7-2-3-8(10)9(11)6-7/h2-3,6H,4-5H2,1H3. The molecular weight excluding hydrogens is 287 g/mol. The van der Waals surface area contributed by atoms with Gasteiger partial charge < -0.3 is 0 Å². The molecule has 15 heavy (non-hydrogen) atoms. The zero-order valence-electron chi connectivity index (χ0n) is 8.04. The van der Waals surface area contributed by atoms with E-state index in [4.69, 9.17) is 0 Å². The average Bonchev–Trinajstić information content (AvgIpc) is 2.09. The number of halogens is 2. The second-order valence-corrected chi connectivity index (χ2v) is 5.52. The van der Waals surface area contributed by atoms with Crippen molar-refractivity contribution in [2.75, 3.05) is 12.9 Å². The molecule has 6 heteroatoms. The summed E-state index contributed by atoms with van der Waals surface area (Å²) >= 11 is 3.03. The van der Waals surface area contributed by atoms with Crippen molar-refractivity contribution in [2.24, 2.45) is 0 Å². The van der Waals surface area contributed by atoms with E-state index in [9.17, 15) is 12.8 Å². The summed E-state index contributed by atoms with van der Waals surface area (Å²) in [4.78, 5) is 0.